The lowest BCUT2D eigenvalue weighted by molar-refractivity contribution is -0.0923. The van der Waals surface area contributed by atoms with Crippen molar-refractivity contribution in [3.8, 4) is 0 Å². The van der Waals surface area contributed by atoms with Crippen LogP contribution in [0.1, 0.15) is 16.9 Å². The number of carbonyl (C=O) groups excluding carboxylic acids is 1. The van der Waals surface area contributed by atoms with Crippen LogP contribution in [-0.2, 0) is 4.74 Å². The number of ether oxygens (including phenoxy) is 1. The number of anilines is 1. The van der Waals surface area contributed by atoms with E-state index in [1.807, 2.05) is 0 Å². The fourth-order valence-electron chi connectivity index (χ4n) is 3.58. The lowest BCUT2D eigenvalue weighted by Crippen LogP contribution is -2.51. The number of alkyl halides is 1. The number of halogens is 2. The fourth-order valence-corrected chi connectivity index (χ4v) is 3.58. The first kappa shape index (κ1) is 21.3. The van der Waals surface area contributed by atoms with Crippen molar-refractivity contribution in [2.24, 2.45) is 0 Å². The summed E-state index contributed by atoms with van der Waals surface area (Å²) in [6, 6.07) is -0.674. The third-order valence-corrected chi connectivity index (χ3v) is 5.29. The lowest BCUT2D eigenvalue weighted by atomic mass is 10.0. The minimum atomic E-state index is -1.37. The summed E-state index contributed by atoms with van der Waals surface area (Å²) in [5.74, 6) is -0.845. The Balaban J connectivity index is 1.59. The second-order valence-corrected chi connectivity index (χ2v) is 7.54. The number of carbonyl (C=O) groups is 1. The van der Waals surface area contributed by atoms with Crippen LogP contribution in [0.4, 0.5) is 14.6 Å². The molecule has 1 aliphatic heterocycles. The second-order valence-electron chi connectivity index (χ2n) is 7.54. The fraction of sp³-hybridized carbons (Fsp3) is 0.474. The summed E-state index contributed by atoms with van der Waals surface area (Å²) in [5, 5.41) is 29.9. The average Bonchev–Trinajstić information content (AvgIpc) is 3.18. The summed E-state index contributed by atoms with van der Waals surface area (Å²) in [4.78, 5) is 22.5. The van der Waals surface area contributed by atoms with Crippen LogP contribution in [0.5, 0.6) is 0 Å². The Labute approximate surface area is 175 Å². The van der Waals surface area contributed by atoms with Crippen LogP contribution in [0.3, 0.4) is 0 Å². The molecule has 166 valence electrons. The molecular formula is C19H22F2N6O4. The maximum atomic E-state index is 14.1. The van der Waals surface area contributed by atoms with Crippen LogP contribution in [0, 0.1) is 0 Å². The number of hydrogen-bond acceptors (Lipinski definition) is 8. The predicted octanol–water partition coefficient (Wildman–Crippen LogP) is 0.479. The molecule has 1 saturated heterocycles. The lowest BCUT2D eigenvalue weighted by Gasteiger charge is -2.32. The molecule has 3 heterocycles. The Morgan fingerprint density at radius 2 is 2.19 bits per heavy atom. The van der Waals surface area contributed by atoms with Gasteiger partial charge in [0.15, 0.2) is 5.65 Å². The quantitative estimate of drug-likeness (QED) is 0.531. The molecule has 1 aliphatic carbocycles. The van der Waals surface area contributed by atoms with E-state index in [-0.39, 0.29) is 54.3 Å². The van der Waals surface area contributed by atoms with Gasteiger partial charge in [0.25, 0.3) is 5.91 Å². The van der Waals surface area contributed by atoms with E-state index in [9.17, 15) is 23.8 Å². The minimum Gasteiger partial charge on any atom is -0.388 e. The summed E-state index contributed by atoms with van der Waals surface area (Å²) in [6.07, 6.45) is -0.115. The number of aliphatic hydroxyl groups is 2. The molecule has 1 amide bonds. The zero-order valence-corrected chi connectivity index (χ0v) is 16.6. The number of nitrogens with zero attached hydrogens (tertiary/aromatic N) is 4. The largest absolute Gasteiger partial charge is 0.388 e. The molecule has 10 nitrogen and oxygen atoms in total. The van der Waals surface area contributed by atoms with Crippen molar-refractivity contribution < 1.29 is 28.5 Å². The number of amides is 1. The van der Waals surface area contributed by atoms with Gasteiger partial charge in [-0.2, -0.15) is 5.10 Å². The van der Waals surface area contributed by atoms with Gasteiger partial charge in [-0.05, 0) is 17.7 Å². The molecule has 0 saturated carbocycles. The third kappa shape index (κ3) is 4.27. The van der Waals surface area contributed by atoms with Gasteiger partial charge in [-0.3, -0.25) is 9.89 Å². The van der Waals surface area contributed by atoms with Crippen LogP contribution in [0.25, 0.3) is 11.0 Å². The molecular weight excluding hydrogens is 414 g/mol. The molecule has 2 aromatic rings. The van der Waals surface area contributed by atoms with Crippen molar-refractivity contribution in [3.05, 3.63) is 35.6 Å². The van der Waals surface area contributed by atoms with Gasteiger partial charge in [-0.1, -0.05) is 0 Å². The van der Waals surface area contributed by atoms with E-state index in [1.165, 1.54) is 18.3 Å². The number of fused-ring (bicyclic) bond motifs is 1. The Kier molecular flexibility index (Phi) is 5.94. The summed E-state index contributed by atoms with van der Waals surface area (Å²) in [5.41, 5.74) is 0.413. The SMILES string of the molecule is CN(CC1=CC(F)=CCC1F)C(=O)c1[nH]nc2ncnc(N[C@@H]3COC[C@@H](O)[C@H]3O)c12. The van der Waals surface area contributed by atoms with Crippen LogP contribution in [0.2, 0.25) is 0 Å². The zero-order chi connectivity index (χ0) is 22.1. The topological polar surface area (TPSA) is 136 Å². The smallest absolute Gasteiger partial charge is 0.272 e. The third-order valence-electron chi connectivity index (χ3n) is 5.29. The van der Waals surface area contributed by atoms with Crippen molar-refractivity contribution in [2.75, 3.05) is 32.1 Å². The molecule has 31 heavy (non-hydrogen) atoms. The van der Waals surface area contributed by atoms with Gasteiger partial charge in [0.2, 0.25) is 0 Å². The molecule has 4 rings (SSSR count). The number of aliphatic hydroxyl groups excluding tert-OH is 2. The molecule has 0 bridgehead atoms. The van der Waals surface area contributed by atoms with Crippen LogP contribution in [-0.4, -0.2) is 92.4 Å². The molecule has 1 fully saturated rings. The summed E-state index contributed by atoms with van der Waals surface area (Å²) < 4.78 is 32.9. The number of H-pyrrole nitrogens is 1. The van der Waals surface area contributed by atoms with E-state index in [0.717, 1.165) is 12.2 Å². The van der Waals surface area contributed by atoms with Crippen LogP contribution < -0.4 is 5.32 Å². The summed E-state index contributed by atoms with van der Waals surface area (Å²) in [7, 11) is 1.46. The Hall–Kier alpha value is -2.96. The van der Waals surface area contributed by atoms with Crippen molar-refractivity contribution >= 4 is 22.8 Å². The average molecular weight is 436 g/mol. The normalized spacial score (nSPS) is 26.4. The van der Waals surface area contributed by atoms with Gasteiger partial charge in [0.05, 0.1) is 24.6 Å². The number of rotatable bonds is 5. The zero-order valence-electron chi connectivity index (χ0n) is 16.6. The number of hydrogen-bond donors (Lipinski definition) is 4. The molecule has 12 heteroatoms. The number of allylic oxidation sites excluding steroid dienone is 3. The van der Waals surface area contributed by atoms with Crippen molar-refractivity contribution in [2.45, 2.75) is 30.8 Å². The standard InChI is InChI=1S/C19H22F2N6O4/c1-27(5-9-4-10(20)2-3-11(9)21)19(30)15-14-17(22-8-23-18(14)26-25-15)24-12-6-31-7-13(28)16(12)29/h2,4,8,11-13,16,28-29H,3,5-7H2,1H3,(H2,22,23,24,25,26)/t11?,12-,13-,16+/m1/s1. The molecule has 1 unspecified atom stereocenters. The maximum Gasteiger partial charge on any atom is 0.272 e. The van der Waals surface area contributed by atoms with Gasteiger partial charge in [0.1, 0.15) is 42.0 Å². The van der Waals surface area contributed by atoms with E-state index in [0.29, 0.717) is 0 Å². The molecule has 0 aromatic carbocycles. The van der Waals surface area contributed by atoms with Gasteiger partial charge in [-0.15, -0.1) is 0 Å². The monoisotopic (exact) mass is 436 g/mol. The number of aromatic amines is 1. The van der Waals surface area contributed by atoms with Crippen molar-refractivity contribution in [3.63, 3.8) is 0 Å². The summed E-state index contributed by atoms with van der Waals surface area (Å²) >= 11 is 0. The molecule has 0 radical (unpaired) electrons. The maximum absolute atomic E-state index is 14.1. The molecule has 4 N–H and O–H groups in total. The van der Waals surface area contributed by atoms with E-state index >= 15 is 0 Å². The number of likely N-dealkylation sites (N-methyl/N-ethyl adjacent to an activating group) is 1. The molecule has 2 aromatic heterocycles. The van der Waals surface area contributed by atoms with Gasteiger partial charge in [0, 0.05) is 20.0 Å². The van der Waals surface area contributed by atoms with Gasteiger partial charge >= 0.3 is 0 Å². The van der Waals surface area contributed by atoms with Crippen molar-refractivity contribution in [1.82, 2.24) is 25.1 Å². The highest BCUT2D eigenvalue weighted by atomic mass is 19.1. The van der Waals surface area contributed by atoms with E-state index in [2.05, 4.69) is 25.5 Å². The number of aromatic nitrogens is 4. The molecule has 2 aliphatic rings. The second kappa shape index (κ2) is 8.65. The van der Waals surface area contributed by atoms with Crippen molar-refractivity contribution in [1.29, 1.82) is 0 Å². The minimum absolute atomic E-state index is 0.0139. The Morgan fingerprint density at radius 1 is 1.39 bits per heavy atom. The Morgan fingerprint density at radius 3 is 3.00 bits per heavy atom. The van der Waals surface area contributed by atoms with Gasteiger partial charge in [-0.25, -0.2) is 18.7 Å². The number of nitrogens with one attached hydrogen (secondary N) is 2. The first-order valence-electron chi connectivity index (χ1n) is 9.70. The molecule has 4 atom stereocenters. The molecule has 0 spiro atoms. The first-order chi connectivity index (χ1) is 14.8. The highest BCUT2D eigenvalue weighted by Gasteiger charge is 2.33. The Bertz CT molecular complexity index is 1040. The first-order valence-corrected chi connectivity index (χ1v) is 9.70. The van der Waals surface area contributed by atoms with E-state index in [1.54, 1.807) is 0 Å². The highest BCUT2D eigenvalue weighted by Crippen LogP contribution is 2.26. The van der Waals surface area contributed by atoms with Crippen LogP contribution >= 0.6 is 0 Å². The van der Waals surface area contributed by atoms with Gasteiger partial charge < -0.3 is 25.2 Å². The predicted molar refractivity (Wildman–Crippen MR) is 106 cm³/mol. The van der Waals surface area contributed by atoms with E-state index in [4.69, 9.17) is 4.74 Å². The summed E-state index contributed by atoms with van der Waals surface area (Å²) in [6.45, 7) is 0.0233. The van der Waals surface area contributed by atoms with E-state index < -0.39 is 36.2 Å². The highest BCUT2D eigenvalue weighted by molar-refractivity contribution is 6.07. The van der Waals surface area contributed by atoms with Crippen LogP contribution in [0.15, 0.2) is 29.9 Å².